The highest BCUT2D eigenvalue weighted by atomic mass is 16.5. The molecule has 1 aliphatic heterocycles. The molecule has 6 aliphatic rings. The first kappa shape index (κ1) is 74.9. The fraction of sp³-hybridized carbons (Fsp3) is 0.455. The third-order valence-corrected chi connectivity index (χ3v) is 20.7. The average Bonchev–Trinajstić information content (AvgIpc) is 1.12. The van der Waals surface area contributed by atoms with Crippen LogP contribution in [0.2, 0.25) is 0 Å². The van der Waals surface area contributed by atoms with Crippen LogP contribution in [0.4, 0.5) is 34.1 Å². The van der Waals surface area contributed by atoms with E-state index in [0.29, 0.717) is 47.0 Å². The summed E-state index contributed by atoms with van der Waals surface area (Å²) in [6.07, 6.45) is 31.7. The molecule has 6 aromatic rings. The molecular formula is C88H122N6O. The van der Waals surface area contributed by atoms with Crippen molar-refractivity contribution in [3.05, 3.63) is 214 Å². The molecular weight excluding hydrogens is 1160 g/mol. The van der Waals surface area contributed by atoms with E-state index in [4.69, 9.17) is 39.1 Å². The highest BCUT2D eigenvalue weighted by Crippen LogP contribution is 2.46. The molecule has 0 bridgehead atoms. The van der Waals surface area contributed by atoms with Gasteiger partial charge in [0.2, 0.25) is 0 Å². The van der Waals surface area contributed by atoms with Gasteiger partial charge in [0, 0.05) is 67.5 Å². The van der Waals surface area contributed by atoms with Gasteiger partial charge in [0.25, 0.3) is 0 Å². The zero-order valence-electron chi connectivity index (χ0n) is 60.6. The Morgan fingerprint density at radius 1 is 0.442 bits per heavy atom. The lowest BCUT2D eigenvalue weighted by atomic mass is 9.69. The van der Waals surface area contributed by atoms with Crippen molar-refractivity contribution in [1.82, 2.24) is 0 Å². The number of nitrogen functional groups attached to an aromatic ring is 6. The minimum Gasteiger partial charge on any atom is -0.398 e. The van der Waals surface area contributed by atoms with Gasteiger partial charge in [-0.15, -0.1) is 0 Å². The fourth-order valence-corrected chi connectivity index (χ4v) is 15.2. The third kappa shape index (κ3) is 21.5. The molecule has 95 heavy (non-hydrogen) atoms. The van der Waals surface area contributed by atoms with Gasteiger partial charge in [0.15, 0.2) is 0 Å². The first-order valence-electron chi connectivity index (χ1n) is 36.4. The molecule has 4 unspecified atom stereocenters. The van der Waals surface area contributed by atoms with E-state index in [1.807, 2.05) is 78.9 Å². The van der Waals surface area contributed by atoms with Gasteiger partial charge in [-0.3, -0.25) is 0 Å². The van der Waals surface area contributed by atoms with E-state index in [1.54, 1.807) is 5.57 Å². The van der Waals surface area contributed by atoms with Crippen LogP contribution in [-0.2, 0) is 4.74 Å². The molecule has 0 saturated carbocycles. The second-order valence-corrected chi connectivity index (χ2v) is 30.2. The van der Waals surface area contributed by atoms with Crippen LogP contribution in [0.3, 0.4) is 0 Å². The van der Waals surface area contributed by atoms with Gasteiger partial charge in [-0.05, 0) is 239 Å². The van der Waals surface area contributed by atoms with Crippen molar-refractivity contribution in [2.75, 3.05) is 47.6 Å². The zero-order chi connectivity index (χ0) is 68.7. The van der Waals surface area contributed by atoms with Crippen LogP contribution in [0.25, 0.3) is 33.4 Å². The van der Waals surface area contributed by atoms with Gasteiger partial charge in [-0.2, -0.15) is 0 Å². The molecule has 0 spiro atoms. The lowest BCUT2D eigenvalue weighted by molar-refractivity contribution is 0.161. The summed E-state index contributed by atoms with van der Waals surface area (Å²) in [5, 5.41) is 0. The molecule has 12 N–H and O–H groups in total. The first-order chi connectivity index (χ1) is 45.5. The SMILES string of the molecule is CC(C)(C)C1CC=C(c2ccccc2N)CC1.CC(C)(C)C1CCCC=C1c1ccccc1N.CC(C)C1=C(c2ccccc2N)CCCC1.CC(C)C1CCCC=C1c1ccccc1N.CCC1CCCC(C)=C1c1ccccc1N.Nc1ccccc1C1=CCOCC1. The zero-order valence-corrected chi connectivity index (χ0v) is 60.6. The molecule has 1 heterocycles. The number of anilines is 6. The second-order valence-electron chi connectivity index (χ2n) is 30.2. The van der Waals surface area contributed by atoms with E-state index < -0.39 is 0 Å². The lowest BCUT2D eigenvalue weighted by Gasteiger charge is -2.36. The average molecular weight is 1280 g/mol. The van der Waals surface area contributed by atoms with Crippen molar-refractivity contribution in [1.29, 1.82) is 0 Å². The highest BCUT2D eigenvalue weighted by molar-refractivity contribution is 5.81. The second kappa shape index (κ2) is 36.6. The molecule has 6 aromatic carbocycles. The number of nitrogens with two attached hydrogens (primary N) is 6. The van der Waals surface area contributed by atoms with Crippen LogP contribution >= 0.6 is 0 Å². The largest absolute Gasteiger partial charge is 0.398 e. The predicted octanol–water partition coefficient (Wildman–Crippen LogP) is 23.7. The Bertz CT molecular complexity index is 3590. The van der Waals surface area contributed by atoms with Crippen molar-refractivity contribution in [2.45, 2.75) is 199 Å². The number of ether oxygens (including phenoxy) is 1. The smallest absolute Gasteiger partial charge is 0.0653 e. The molecule has 510 valence electrons. The summed E-state index contributed by atoms with van der Waals surface area (Å²) < 4.78 is 5.24. The summed E-state index contributed by atoms with van der Waals surface area (Å²) in [5.41, 5.74) is 61.7. The number of rotatable bonds is 9. The molecule has 0 saturated heterocycles. The summed E-state index contributed by atoms with van der Waals surface area (Å²) in [6, 6.07) is 49.2. The van der Waals surface area contributed by atoms with Gasteiger partial charge in [0.1, 0.15) is 0 Å². The highest BCUT2D eigenvalue weighted by Gasteiger charge is 2.31. The predicted molar refractivity (Wildman–Crippen MR) is 419 cm³/mol. The number of hydrogen-bond acceptors (Lipinski definition) is 7. The van der Waals surface area contributed by atoms with Gasteiger partial charge < -0.3 is 39.1 Å². The van der Waals surface area contributed by atoms with Gasteiger partial charge in [-0.1, -0.05) is 221 Å². The standard InChI is InChI=1S/2C16H23N.3C15H21N.C11H13NO/c1-16(2,3)14-10-6-4-8-12(14)13-9-5-7-11-15(13)17;1-16(2,3)13-10-8-12(9-11-13)14-6-4-5-7-15(14)17;2*1-11(2)12-7-3-4-8-13(12)14-9-5-6-10-15(14)16;1-3-12-8-6-7-11(2)15(12)13-9-4-5-10-14(13)16;12-11-4-2-1-3-10(11)9-5-7-13-8-6-9/h5,7-9,11,14H,4,6,10,17H2,1-3H3;4-8,13H,9-11,17H2,1-3H3;5-6,9-11H,3-4,7-8,16H2,1-2H3;5-6,8-12H,3-4,7,16H2,1-2H3;4-5,9-10,12H,3,6-8,16H2,1-2H3;1-5H,6-8,12H2. The Hall–Kier alpha value is -7.48. The monoisotopic (exact) mass is 1280 g/mol. The van der Waals surface area contributed by atoms with Crippen LogP contribution in [0.1, 0.15) is 232 Å². The molecule has 7 nitrogen and oxygen atoms in total. The van der Waals surface area contributed by atoms with Crippen molar-refractivity contribution >= 4 is 67.6 Å². The van der Waals surface area contributed by atoms with Crippen LogP contribution in [0.5, 0.6) is 0 Å². The quantitative estimate of drug-likeness (QED) is 0.0784. The van der Waals surface area contributed by atoms with Crippen molar-refractivity contribution in [3.63, 3.8) is 0 Å². The maximum Gasteiger partial charge on any atom is 0.0653 e. The van der Waals surface area contributed by atoms with Crippen LogP contribution < -0.4 is 34.4 Å². The summed E-state index contributed by atoms with van der Waals surface area (Å²) in [4.78, 5) is 0. The van der Waals surface area contributed by atoms with E-state index in [2.05, 4.69) is 174 Å². The molecule has 7 heteroatoms. The normalized spacial score (nSPS) is 19.8. The molecule has 0 amide bonds. The molecule has 0 aromatic heterocycles. The first-order valence-corrected chi connectivity index (χ1v) is 36.4. The Morgan fingerprint density at radius 2 is 0.905 bits per heavy atom. The minimum atomic E-state index is 0.314. The van der Waals surface area contributed by atoms with E-state index in [9.17, 15) is 0 Å². The summed E-state index contributed by atoms with van der Waals surface area (Å²) in [6.45, 7) is 29.3. The molecule has 12 rings (SSSR count). The molecule has 5 aliphatic carbocycles. The van der Waals surface area contributed by atoms with E-state index >= 15 is 0 Å². The Morgan fingerprint density at radius 3 is 1.36 bits per heavy atom. The maximum absolute atomic E-state index is 6.12. The minimum absolute atomic E-state index is 0.314. The number of para-hydroxylation sites is 6. The summed E-state index contributed by atoms with van der Waals surface area (Å²) in [5.74, 6) is 4.16. The molecule has 4 atom stereocenters. The van der Waals surface area contributed by atoms with Crippen LogP contribution in [0.15, 0.2) is 181 Å². The topological polar surface area (TPSA) is 165 Å². The summed E-state index contributed by atoms with van der Waals surface area (Å²) in [7, 11) is 0. The molecule has 0 radical (unpaired) electrons. The number of allylic oxidation sites excluding steroid dienone is 10. The van der Waals surface area contributed by atoms with Crippen LogP contribution in [-0.4, -0.2) is 13.2 Å². The number of benzene rings is 6. The Kier molecular flexibility index (Phi) is 28.8. The van der Waals surface area contributed by atoms with Crippen molar-refractivity contribution < 1.29 is 4.74 Å². The Balaban J connectivity index is 0.000000161. The van der Waals surface area contributed by atoms with Gasteiger partial charge in [-0.25, -0.2) is 0 Å². The molecule has 0 fully saturated rings. The maximum atomic E-state index is 6.12. The van der Waals surface area contributed by atoms with Crippen LogP contribution in [0, 0.1) is 46.3 Å². The van der Waals surface area contributed by atoms with E-state index in [-0.39, 0.29) is 0 Å². The van der Waals surface area contributed by atoms with Gasteiger partial charge in [0.05, 0.1) is 13.2 Å². The fourth-order valence-electron chi connectivity index (χ4n) is 15.2. The van der Waals surface area contributed by atoms with E-state index in [1.165, 1.54) is 170 Å². The Labute approximate surface area is 576 Å². The van der Waals surface area contributed by atoms with Crippen molar-refractivity contribution in [2.24, 2.45) is 46.3 Å². The van der Waals surface area contributed by atoms with Crippen molar-refractivity contribution in [3.8, 4) is 0 Å². The number of hydrogen-bond donors (Lipinski definition) is 6. The summed E-state index contributed by atoms with van der Waals surface area (Å²) >= 11 is 0. The third-order valence-electron chi connectivity index (χ3n) is 20.7. The van der Waals surface area contributed by atoms with Gasteiger partial charge >= 0.3 is 0 Å². The van der Waals surface area contributed by atoms with E-state index in [0.717, 1.165) is 65.1 Å². The lowest BCUT2D eigenvalue weighted by Crippen LogP contribution is -2.24.